The minimum absolute atomic E-state index is 0.0333. The van der Waals surface area contributed by atoms with Crippen molar-refractivity contribution in [3.63, 3.8) is 0 Å². The van der Waals surface area contributed by atoms with E-state index >= 15 is 0 Å². The van der Waals surface area contributed by atoms with Crippen molar-refractivity contribution in [2.45, 2.75) is 38.1 Å². The number of aryl methyl sites for hydroxylation is 1. The molecule has 0 aliphatic carbocycles. The fraction of sp³-hybridized carbons (Fsp3) is 0.500. The Kier molecular flexibility index (Phi) is 3.88. The molecule has 5 nitrogen and oxygen atoms in total. The Bertz CT molecular complexity index is 639. The number of carboxylic acids is 1. The van der Waals surface area contributed by atoms with Gasteiger partial charge < -0.3 is 5.11 Å². The molecule has 1 aliphatic rings. The van der Waals surface area contributed by atoms with Crippen molar-refractivity contribution in [1.29, 1.82) is 0 Å². The molecule has 110 valence electrons. The first-order valence-corrected chi connectivity index (χ1v) is 8.03. The Balaban J connectivity index is 2.45. The smallest absolute Gasteiger partial charge is 0.335 e. The van der Waals surface area contributed by atoms with Crippen LogP contribution in [0.1, 0.15) is 36.2 Å². The molecular weight excluding hydrogens is 278 g/mol. The third-order valence-corrected chi connectivity index (χ3v) is 5.75. The lowest BCUT2D eigenvalue weighted by atomic mass is 10.1. The zero-order chi connectivity index (χ0) is 15.1. The van der Waals surface area contributed by atoms with Crippen LogP contribution >= 0.6 is 0 Å². The summed E-state index contributed by atoms with van der Waals surface area (Å²) in [5.74, 6) is -0.786. The van der Waals surface area contributed by atoms with Crippen LogP contribution in [0.5, 0.6) is 0 Å². The molecule has 0 amide bonds. The largest absolute Gasteiger partial charge is 0.478 e. The minimum Gasteiger partial charge on any atom is -0.478 e. The van der Waals surface area contributed by atoms with E-state index in [1.807, 2.05) is 13.8 Å². The molecule has 1 aromatic carbocycles. The zero-order valence-corrected chi connectivity index (χ0v) is 12.6. The molecule has 1 N–H and O–H groups in total. The van der Waals surface area contributed by atoms with Gasteiger partial charge in [-0.3, -0.25) is 0 Å². The first-order chi connectivity index (χ1) is 9.23. The Morgan fingerprint density at radius 3 is 2.50 bits per heavy atom. The highest BCUT2D eigenvalue weighted by Gasteiger charge is 2.36. The number of carbonyl (C=O) groups is 1. The summed E-state index contributed by atoms with van der Waals surface area (Å²) < 4.78 is 26.7. The lowest BCUT2D eigenvalue weighted by Gasteiger charge is -2.21. The Morgan fingerprint density at radius 2 is 2.00 bits per heavy atom. The van der Waals surface area contributed by atoms with Crippen LogP contribution < -0.4 is 0 Å². The van der Waals surface area contributed by atoms with E-state index in [-0.39, 0.29) is 16.5 Å². The molecule has 1 fully saturated rings. The average molecular weight is 297 g/mol. The Morgan fingerprint density at radius 1 is 1.35 bits per heavy atom. The molecule has 0 spiro atoms. The minimum atomic E-state index is -3.62. The van der Waals surface area contributed by atoms with E-state index in [9.17, 15) is 13.2 Å². The molecule has 0 radical (unpaired) electrons. The predicted octanol–water partition coefficient (Wildman–Crippen LogP) is 2.11. The molecule has 2 unspecified atom stereocenters. The van der Waals surface area contributed by atoms with E-state index in [0.717, 1.165) is 6.42 Å². The van der Waals surface area contributed by atoms with Gasteiger partial charge in [-0.2, -0.15) is 4.31 Å². The number of nitrogens with zero attached hydrogens (tertiary/aromatic N) is 1. The van der Waals surface area contributed by atoms with Gasteiger partial charge in [0.1, 0.15) is 0 Å². The highest BCUT2D eigenvalue weighted by molar-refractivity contribution is 7.89. The normalized spacial score (nSPS) is 23.9. The quantitative estimate of drug-likeness (QED) is 0.927. The highest BCUT2D eigenvalue weighted by atomic mass is 32.2. The fourth-order valence-corrected chi connectivity index (χ4v) is 4.51. The van der Waals surface area contributed by atoms with E-state index in [1.165, 1.54) is 16.4 Å². The van der Waals surface area contributed by atoms with Crippen LogP contribution in [0.4, 0.5) is 0 Å². The third-order valence-electron chi connectivity index (χ3n) is 3.77. The van der Waals surface area contributed by atoms with Crippen LogP contribution in [0.15, 0.2) is 23.1 Å². The van der Waals surface area contributed by atoms with Crippen molar-refractivity contribution in [2.24, 2.45) is 5.92 Å². The molecule has 1 aliphatic heterocycles. The molecule has 2 rings (SSSR count). The second-order valence-electron chi connectivity index (χ2n) is 5.55. The average Bonchev–Trinajstić information content (AvgIpc) is 2.69. The van der Waals surface area contributed by atoms with Crippen LogP contribution in [-0.4, -0.2) is 36.4 Å². The van der Waals surface area contributed by atoms with Gasteiger partial charge in [-0.1, -0.05) is 13.0 Å². The van der Waals surface area contributed by atoms with Crippen LogP contribution in [0.25, 0.3) is 0 Å². The SMILES string of the molecule is Cc1ccc(S(=O)(=O)N2CC(C)CC2C)cc1C(=O)O. The number of benzene rings is 1. The summed E-state index contributed by atoms with van der Waals surface area (Å²) in [6, 6.07) is 4.22. The Hall–Kier alpha value is -1.40. The van der Waals surface area contributed by atoms with E-state index in [2.05, 4.69) is 0 Å². The van der Waals surface area contributed by atoms with Crippen LogP contribution in [0.3, 0.4) is 0 Å². The van der Waals surface area contributed by atoms with E-state index in [1.54, 1.807) is 13.0 Å². The van der Waals surface area contributed by atoms with Crippen molar-refractivity contribution in [1.82, 2.24) is 4.31 Å². The second kappa shape index (κ2) is 5.18. The molecule has 2 atom stereocenters. The van der Waals surface area contributed by atoms with Crippen molar-refractivity contribution in [2.75, 3.05) is 6.54 Å². The van der Waals surface area contributed by atoms with Gasteiger partial charge in [-0.05, 0) is 43.9 Å². The van der Waals surface area contributed by atoms with Crippen molar-refractivity contribution in [3.8, 4) is 0 Å². The first-order valence-electron chi connectivity index (χ1n) is 6.59. The highest BCUT2D eigenvalue weighted by Crippen LogP contribution is 2.29. The standard InChI is InChI=1S/C14H19NO4S/c1-9-6-11(3)15(8-9)20(18,19)12-5-4-10(2)13(7-12)14(16)17/h4-5,7,9,11H,6,8H2,1-3H3,(H,16,17). The molecule has 1 saturated heterocycles. The lowest BCUT2D eigenvalue weighted by Crippen LogP contribution is -2.34. The molecular formula is C14H19NO4S. The van der Waals surface area contributed by atoms with Crippen LogP contribution in [0, 0.1) is 12.8 Å². The van der Waals surface area contributed by atoms with Gasteiger partial charge in [0.2, 0.25) is 10.0 Å². The maximum Gasteiger partial charge on any atom is 0.335 e. The number of carboxylic acid groups (broad SMARTS) is 1. The van der Waals surface area contributed by atoms with Gasteiger partial charge in [0.05, 0.1) is 10.5 Å². The second-order valence-corrected chi connectivity index (χ2v) is 7.44. The topological polar surface area (TPSA) is 74.7 Å². The summed E-state index contributed by atoms with van der Waals surface area (Å²) in [6.07, 6.45) is 0.830. The fourth-order valence-electron chi connectivity index (χ4n) is 2.72. The van der Waals surface area contributed by atoms with E-state index in [4.69, 9.17) is 5.11 Å². The maximum absolute atomic E-state index is 12.6. The van der Waals surface area contributed by atoms with Gasteiger partial charge in [0, 0.05) is 12.6 Å². The monoisotopic (exact) mass is 297 g/mol. The van der Waals surface area contributed by atoms with Gasteiger partial charge in [0.15, 0.2) is 0 Å². The van der Waals surface area contributed by atoms with Crippen molar-refractivity contribution in [3.05, 3.63) is 29.3 Å². The Labute approximate surface area is 119 Å². The van der Waals surface area contributed by atoms with Crippen molar-refractivity contribution < 1.29 is 18.3 Å². The van der Waals surface area contributed by atoms with Crippen LogP contribution in [-0.2, 0) is 10.0 Å². The van der Waals surface area contributed by atoms with Gasteiger partial charge in [0.25, 0.3) is 0 Å². The summed E-state index contributed by atoms with van der Waals surface area (Å²) in [7, 11) is -3.62. The molecule has 1 heterocycles. The molecule has 0 aromatic heterocycles. The summed E-state index contributed by atoms with van der Waals surface area (Å²) in [5, 5.41) is 9.11. The van der Waals surface area contributed by atoms with Crippen LogP contribution in [0.2, 0.25) is 0 Å². The molecule has 0 saturated carbocycles. The zero-order valence-electron chi connectivity index (χ0n) is 11.8. The summed E-state index contributed by atoms with van der Waals surface area (Å²) in [6.45, 7) is 6.04. The molecule has 0 bridgehead atoms. The molecule has 1 aromatic rings. The number of rotatable bonds is 3. The third kappa shape index (κ3) is 2.58. The predicted molar refractivity (Wildman–Crippen MR) is 75.3 cm³/mol. The van der Waals surface area contributed by atoms with Gasteiger partial charge >= 0.3 is 5.97 Å². The van der Waals surface area contributed by atoms with E-state index < -0.39 is 16.0 Å². The number of aromatic carboxylic acids is 1. The van der Waals surface area contributed by atoms with Crippen molar-refractivity contribution >= 4 is 16.0 Å². The van der Waals surface area contributed by atoms with Gasteiger partial charge in [-0.25, -0.2) is 13.2 Å². The molecule has 20 heavy (non-hydrogen) atoms. The first kappa shape index (κ1) is 15.0. The number of hydrogen-bond donors (Lipinski definition) is 1. The van der Waals surface area contributed by atoms with E-state index in [0.29, 0.717) is 18.0 Å². The maximum atomic E-state index is 12.6. The summed E-state index contributed by atoms with van der Waals surface area (Å²) >= 11 is 0. The molecule has 6 heteroatoms. The van der Waals surface area contributed by atoms with Gasteiger partial charge in [-0.15, -0.1) is 0 Å². The lowest BCUT2D eigenvalue weighted by molar-refractivity contribution is 0.0696. The number of hydrogen-bond acceptors (Lipinski definition) is 3. The number of sulfonamides is 1. The summed E-state index contributed by atoms with van der Waals surface area (Å²) in [4.78, 5) is 11.2. The summed E-state index contributed by atoms with van der Waals surface area (Å²) in [5.41, 5.74) is 0.588.